The van der Waals surface area contributed by atoms with E-state index in [9.17, 15) is 4.79 Å². The van der Waals surface area contributed by atoms with Gasteiger partial charge in [0.2, 0.25) is 0 Å². The van der Waals surface area contributed by atoms with E-state index >= 15 is 0 Å². The van der Waals surface area contributed by atoms with Crippen molar-refractivity contribution in [3.05, 3.63) is 60.2 Å². The number of methoxy groups -OCH3 is 1. The number of benzene rings is 2. The predicted molar refractivity (Wildman–Crippen MR) is 95.4 cm³/mol. The molecule has 3 N–H and O–H groups in total. The third-order valence-corrected chi connectivity index (χ3v) is 4.38. The standard InChI is InChI=1S/C19H23N3O2/c1-24-18-9-7-14(8-10-18)15-11-16(20)13-22(12-15)19(23)21-17-5-3-2-4-6-17/h2-10,15-16H,11-13,20H2,1H3,(H,21,23). The number of carbonyl (C=O) groups excluding carboxylic acids is 1. The van der Waals surface area contributed by atoms with E-state index in [0.29, 0.717) is 13.1 Å². The second-order valence-electron chi connectivity index (χ2n) is 6.17. The Morgan fingerprint density at radius 1 is 1.12 bits per heavy atom. The summed E-state index contributed by atoms with van der Waals surface area (Å²) in [5, 5.41) is 2.93. The van der Waals surface area contributed by atoms with Gasteiger partial charge < -0.3 is 20.7 Å². The molecule has 0 bridgehead atoms. The molecule has 1 aliphatic rings. The van der Waals surface area contributed by atoms with E-state index in [1.807, 2.05) is 42.5 Å². The maximum absolute atomic E-state index is 12.5. The van der Waals surface area contributed by atoms with Gasteiger partial charge in [-0.15, -0.1) is 0 Å². The number of amides is 2. The molecule has 5 heteroatoms. The van der Waals surface area contributed by atoms with E-state index in [-0.39, 0.29) is 18.0 Å². The van der Waals surface area contributed by atoms with Crippen LogP contribution in [0.4, 0.5) is 10.5 Å². The lowest BCUT2D eigenvalue weighted by Gasteiger charge is -2.36. The first-order valence-electron chi connectivity index (χ1n) is 8.16. The van der Waals surface area contributed by atoms with Crippen molar-refractivity contribution in [1.29, 1.82) is 0 Å². The fourth-order valence-electron chi connectivity index (χ4n) is 3.15. The molecule has 3 rings (SSSR count). The SMILES string of the molecule is COc1ccc(C2CC(N)CN(C(=O)Nc3ccccc3)C2)cc1. The van der Waals surface area contributed by atoms with E-state index in [0.717, 1.165) is 17.9 Å². The summed E-state index contributed by atoms with van der Waals surface area (Å²) in [5.74, 6) is 1.07. The molecule has 2 atom stereocenters. The Labute approximate surface area is 142 Å². The number of carbonyl (C=O) groups is 1. The molecule has 5 nitrogen and oxygen atoms in total. The van der Waals surface area contributed by atoms with E-state index in [1.165, 1.54) is 5.56 Å². The lowest BCUT2D eigenvalue weighted by Crippen LogP contribution is -2.50. The van der Waals surface area contributed by atoms with Crippen LogP contribution in [0.3, 0.4) is 0 Å². The normalized spacial score (nSPS) is 20.5. The molecular weight excluding hydrogens is 302 g/mol. The third kappa shape index (κ3) is 3.86. The summed E-state index contributed by atoms with van der Waals surface area (Å²) in [7, 11) is 1.65. The molecule has 0 aromatic heterocycles. The molecular formula is C19H23N3O2. The van der Waals surface area contributed by atoms with Crippen LogP contribution in [0.25, 0.3) is 0 Å². The molecule has 24 heavy (non-hydrogen) atoms. The van der Waals surface area contributed by atoms with Crippen molar-refractivity contribution in [3.8, 4) is 5.75 Å². The highest BCUT2D eigenvalue weighted by molar-refractivity contribution is 5.89. The van der Waals surface area contributed by atoms with E-state index in [2.05, 4.69) is 17.4 Å². The summed E-state index contributed by atoms with van der Waals surface area (Å²) in [6, 6.07) is 17.4. The summed E-state index contributed by atoms with van der Waals surface area (Å²) in [6.45, 7) is 1.24. The number of nitrogens with zero attached hydrogens (tertiary/aromatic N) is 1. The predicted octanol–water partition coefficient (Wildman–Crippen LogP) is 3.04. The first-order valence-corrected chi connectivity index (χ1v) is 8.16. The maximum Gasteiger partial charge on any atom is 0.321 e. The summed E-state index contributed by atoms with van der Waals surface area (Å²) < 4.78 is 5.20. The molecule has 1 fully saturated rings. The van der Waals surface area contributed by atoms with E-state index in [4.69, 9.17) is 10.5 Å². The summed E-state index contributed by atoms with van der Waals surface area (Å²) in [6.07, 6.45) is 0.876. The zero-order valence-electron chi connectivity index (χ0n) is 13.8. The average Bonchev–Trinajstić information content (AvgIpc) is 2.62. The third-order valence-electron chi connectivity index (χ3n) is 4.38. The summed E-state index contributed by atoms with van der Waals surface area (Å²) in [4.78, 5) is 14.3. The lowest BCUT2D eigenvalue weighted by atomic mass is 9.88. The fourth-order valence-corrected chi connectivity index (χ4v) is 3.15. The number of para-hydroxylation sites is 1. The van der Waals surface area contributed by atoms with Crippen LogP contribution in [0.15, 0.2) is 54.6 Å². The van der Waals surface area contributed by atoms with Crippen LogP contribution < -0.4 is 15.8 Å². The molecule has 0 radical (unpaired) electrons. The first kappa shape index (κ1) is 16.3. The van der Waals surface area contributed by atoms with E-state index < -0.39 is 0 Å². The molecule has 2 aromatic carbocycles. The number of nitrogens with two attached hydrogens (primary N) is 1. The Morgan fingerprint density at radius 2 is 1.83 bits per heavy atom. The molecule has 1 aliphatic heterocycles. The molecule has 2 unspecified atom stereocenters. The maximum atomic E-state index is 12.5. The number of hydrogen-bond donors (Lipinski definition) is 2. The van der Waals surface area contributed by atoms with Gasteiger partial charge in [0.05, 0.1) is 7.11 Å². The molecule has 2 aromatic rings. The summed E-state index contributed by atoms with van der Waals surface area (Å²) in [5.41, 5.74) is 8.17. The van der Waals surface area contributed by atoms with Gasteiger partial charge in [0.25, 0.3) is 0 Å². The van der Waals surface area contributed by atoms with Crippen LogP contribution in [0.2, 0.25) is 0 Å². The Hall–Kier alpha value is -2.53. The van der Waals surface area contributed by atoms with Crippen LogP contribution in [0.1, 0.15) is 17.9 Å². The van der Waals surface area contributed by atoms with Crippen molar-refractivity contribution >= 4 is 11.7 Å². The van der Waals surface area contributed by atoms with Crippen molar-refractivity contribution in [3.63, 3.8) is 0 Å². The van der Waals surface area contributed by atoms with Crippen molar-refractivity contribution in [2.45, 2.75) is 18.4 Å². The minimum Gasteiger partial charge on any atom is -0.497 e. The number of piperidine rings is 1. The van der Waals surface area contributed by atoms with Gasteiger partial charge in [-0.2, -0.15) is 0 Å². The van der Waals surface area contributed by atoms with Crippen molar-refractivity contribution < 1.29 is 9.53 Å². The van der Waals surface area contributed by atoms with Crippen LogP contribution in [-0.4, -0.2) is 37.2 Å². The van der Waals surface area contributed by atoms with Crippen molar-refractivity contribution in [2.24, 2.45) is 5.73 Å². The smallest absolute Gasteiger partial charge is 0.321 e. The van der Waals surface area contributed by atoms with Crippen LogP contribution >= 0.6 is 0 Å². The lowest BCUT2D eigenvalue weighted by molar-refractivity contribution is 0.184. The number of rotatable bonds is 3. The van der Waals surface area contributed by atoms with Crippen LogP contribution in [0.5, 0.6) is 5.75 Å². The minimum atomic E-state index is -0.102. The van der Waals surface area contributed by atoms with Gasteiger partial charge in [0, 0.05) is 30.7 Å². The van der Waals surface area contributed by atoms with Gasteiger partial charge in [-0.1, -0.05) is 30.3 Å². The Bertz CT molecular complexity index is 673. The number of urea groups is 1. The topological polar surface area (TPSA) is 67.6 Å². The first-order chi connectivity index (χ1) is 11.7. The monoisotopic (exact) mass is 325 g/mol. The molecule has 1 saturated heterocycles. The Balaban J connectivity index is 1.69. The molecule has 126 valence electrons. The van der Waals surface area contributed by atoms with Gasteiger partial charge in [-0.05, 0) is 36.2 Å². The highest BCUT2D eigenvalue weighted by Gasteiger charge is 2.29. The quantitative estimate of drug-likeness (QED) is 0.911. The Kier molecular flexibility index (Phi) is 5.01. The molecule has 1 heterocycles. The average molecular weight is 325 g/mol. The van der Waals surface area contributed by atoms with Crippen LogP contribution in [-0.2, 0) is 0 Å². The minimum absolute atomic E-state index is 0.0209. The number of anilines is 1. The highest BCUT2D eigenvalue weighted by atomic mass is 16.5. The number of hydrogen-bond acceptors (Lipinski definition) is 3. The van der Waals surface area contributed by atoms with E-state index in [1.54, 1.807) is 12.0 Å². The van der Waals surface area contributed by atoms with Gasteiger partial charge in [-0.3, -0.25) is 0 Å². The summed E-state index contributed by atoms with van der Waals surface area (Å²) >= 11 is 0. The second kappa shape index (κ2) is 7.36. The van der Waals surface area contributed by atoms with Gasteiger partial charge in [-0.25, -0.2) is 4.79 Å². The van der Waals surface area contributed by atoms with Gasteiger partial charge >= 0.3 is 6.03 Å². The largest absolute Gasteiger partial charge is 0.497 e. The van der Waals surface area contributed by atoms with Gasteiger partial charge in [0.15, 0.2) is 0 Å². The molecule has 0 saturated carbocycles. The zero-order chi connectivity index (χ0) is 16.9. The van der Waals surface area contributed by atoms with Crippen LogP contribution in [0, 0.1) is 0 Å². The van der Waals surface area contributed by atoms with Gasteiger partial charge in [0.1, 0.15) is 5.75 Å². The molecule has 2 amide bonds. The second-order valence-corrected chi connectivity index (χ2v) is 6.17. The molecule has 0 spiro atoms. The fraction of sp³-hybridized carbons (Fsp3) is 0.316. The number of nitrogens with one attached hydrogen (secondary N) is 1. The highest BCUT2D eigenvalue weighted by Crippen LogP contribution is 2.28. The zero-order valence-corrected chi connectivity index (χ0v) is 13.8. The number of likely N-dealkylation sites (tertiary alicyclic amines) is 1. The molecule has 0 aliphatic carbocycles. The Morgan fingerprint density at radius 3 is 2.50 bits per heavy atom. The number of ether oxygens (including phenoxy) is 1. The van der Waals surface area contributed by atoms with Crippen molar-refractivity contribution in [2.75, 3.05) is 25.5 Å². The van der Waals surface area contributed by atoms with Crippen molar-refractivity contribution in [1.82, 2.24) is 4.90 Å².